The molecule has 82 valence electrons. The van der Waals surface area contributed by atoms with Crippen molar-refractivity contribution in [3.05, 3.63) is 53.1 Å². The highest BCUT2D eigenvalue weighted by atomic mass is 35.5. The van der Waals surface area contributed by atoms with Crippen molar-refractivity contribution in [3.63, 3.8) is 0 Å². The van der Waals surface area contributed by atoms with Gasteiger partial charge in [-0.05, 0) is 30.7 Å². The second kappa shape index (κ2) is 4.45. The van der Waals surface area contributed by atoms with Crippen LogP contribution in [0.2, 0.25) is 5.02 Å². The van der Waals surface area contributed by atoms with Gasteiger partial charge in [-0.15, -0.1) is 0 Å². The minimum atomic E-state index is 0.577. The lowest BCUT2D eigenvalue weighted by Gasteiger charge is -2.10. The zero-order valence-electron chi connectivity index (χ0n) is 8.91. The van der Waals surface area contributed by atoms with Gasteiger partial charge in [0.05, 0.1) is 5.69 Å². The summed E-state index contributed by atoms with van der Waals surface area (Å²) >= 11 is 5.89. The van der Waals surface area contributed by atoms with Gasteiger partial charge in [-0.25, -0.2) is 0 Å². The number of hydrogen-bond donors (Lipinski definition) is 1. The molecule has 0 saturated heterocycles. The highest BCUT2D eigenvalue weighted by molar-refractivity contribution is 6.30. The van der Waals surface area contributed by atoms with E-state index in [0.29, 0.717) is 16.5 Å². The van der Waals surface area contributed by atoms with Gasteiger partial charge in [0.2, 0.25) is 0 Å². The number of hydrogen-bond acceptors (Lipinski definition) is 2. The van der Waals surface area contributed by atoms with Crippen molar-refractivity contribution in [1.82, 2.24) is 0 Å². The van der Waals surface area contributed by atoms with E-state index >= 15 is 0 Å². The van der Waals surface area contributed by atoms with Crippen molar-refractivity contribution in [2.24, 2.45) is 0 Å². The lowest BCUT2D eigenvalue weighted by Crippen LogP contribution is -1.93. The zero-order chi connectivity index (χ0) is 11.5. The number of anilines is 1. The Morgan fingerprint density at radius 3 is 2.56 bits per heavy atom. The standard InChI is InChI=1S/C13H12ClNO/c1-9-4-2-3-5-12(9)16-13-8-10(14)6-7-11(13)15/h2-8H,15H2,1H3. The molecule has 0 fully saturated rings. The van der Waals surface area contributed by atoms with Crippen molar-refractivity contribution in [1.29, 1.82) is 0 Å². The normalized spacial score (nSPS) is 10.1. The highest BCUT2D eigenvalue weighted by Gasteiger charge is 2.04. The van der Waals surface area contributed by atoms with Crippen LogP contribution in [0.4, 0.5) is 5.69 Å². The molecule has 3 heteroatoms. The Balaban J connectivity index is 2.34. The first kappa shape index (κ1) is 10.8. The Kier molecular flexibility index (Phi) is 3.02. The van der Waals surface area contributed by atoms with Crippen LogP contribution in [0.5, 0.6) is 11.5 Å². The molecule has 0 aliphatic carbocycles. The van der Waals surface area contributed by atoms with Crippen molar-refractivity contribution >= 4 is 17.3 Å². The number of rotatable bonds is 2. The van der Waals surface area contributed by atoms with E-state index in [1.165, 1.54) is 0 Å². The van der Waals surface area contributed by atoms with E-state index in [4.69, 9.17) is 22.1 Å². The van der Waals surface area contributed by atoms with Crippen LogP contribution in [0.3, 0.4) is 0 Å². The van der Waals surface area contributed by atoms with E-state index < -0.39 is 0 Å². The largest absolute Gasteiger partial charge is 0.455 e. The predicted octanol–water partition coefficient (Wildman–Crippen LogP) is 4.02. The third kappa shape index (κ3) is 2.28. The molecule has 0 radical (unpaired) electrons. The van der Waals surface area contributed by atoms with E-state index in [9.17, 15) is 0 Å². The SMILES string of the molecule is Cc1ccccc1Oc1cc(Cl)ccc1N. The minimum Gasteiger partial charge on any atom is -0.455 e. The van der Waals surface area contributed by atoms with E-state index in [1.807, 2.05) is 31.2 Å². The van der Waals surface area contributed by atoms with Crippen LogP contribution in [0.1, 0.15) is 5.56 Å². The molecule has 2 nitrogen and oxygen atoms in total. The predicted molar refractivity (Wildman–Crippen MR) is 67.1 cm³/mol. The summed E-state index contributed by atoms with van der Waals surface area (Å²) in [6, 6.07) is 12.9. The number of halogens is 1. The lowest BCUT2D eigenvalue weighted by atomic mass is 10.2. The highest BCUT2D eigenvalue weighted by Crippen LogP contribution is 2.31. The number of ether oxygens (including phenoxy) is 1. The smallest absolute Gasteiger partial charge is 0.151 e. The van der Waals surface area contributed by atoms with Gasteiger partial charge in [0.25, 0.3) is 0 Å². The first-order chi connectivity index (χ1) is 7.66. The molecule has 0 unspecified atom stereocenters. The molecule has 2 aromatic rings. The molecular weight excluding hydrogens is 222 g/mol. The maximum atomic E-state index is 5.89. The van der Waals surface area contributed by atoms with Gasteiger partial charge in [0.1, 0.15) is 5.75 Å². The molecule has 2 N–H and O–H groups in total. The summed E-state index contributed by atoms with van der Waals surface area (Å²) in [5.74, 6) is 1.37. The molecule has 2 rings (SSSR count). The Hall–Kier alpha value is -1.67. The second-order valence-electron chi connectivity index (χ2n) is 3.55. The molecule has 0 amide bonds. The van der Waals surface area contributed by atoms with Crippen molar-refractivity contribution < 1.29 is 4.74 Å². The third-order valence-electron chi connectivity index (χ3n) is 2.29. The fraction of sp³-hybridized carbons (Fsp3) is 0.0769. The monoisotopic (exact) mass is 233 g/mol. The van der Waals surface area contributed by atoms with E-state index in [2.05, 4.69) is 0 Å². The molecule has 0 saturated carbocycles. The van der Waals surface area contributed by atoms with Gasteiger partial charge >= 0.3 is 0 Å². The summed E-state index contributed by atoms with van der Waals surface area (Å²) in [5, 5.41) is 0.609. The first-order valence-corrected chi connectivity index (χ1v) is 5.33. The molecule has 0 heterocycles. The van der Waals surface area contributed by atoms with Crippen molar-refractivity contribution in [2.45, 2.75) is 6.92 Å². The number of benzene rings is 2. The number of para-hydroxylation sites is 1. The minimum absolute atomic E-state index is 0.577. The summed E-state index contributed by atoms with van der Waals surface area (Å²) in [7, 11) is 0. The summed E-state index contributed by atoms with van der Waals surface area (Å²) in [5.41, 5.74) is 7.44. The summed E-state index contributed by atoms with van der Waals surface area (Å²) < 4.78 is 5.71. The molecule has 0 spiro atoms. The van der Waals surface area contributed by atoms with Crippen molar-refractivity contribution in [3.8, 4) is 11.5 Å². The molecule has 0 bridgehead atoms. The zero-order valence-corrected chi connectivity index (χ0v) is 9.66. The number of nitrogen functional groups attached to an aromatic ring is 1. The van der Waals surface area contributed by atoms with Gasteiger partial charge in [-0.2, -0.15) is 0 Å². The Morgan fingerprint density at radius 2 is 1.81 bits per heavy atom. The van der Waals surface area contributed by atoms with Gasteiger partial charge in [-0.1, -0.05) is 29.8 Å². The van der Waals surface area contributed by atoms with E-state index in [0.717, 1.165) is 11.3 Å². The van der Waals surface area contributed by atoms with Gasteiger partial charge in [-0.3, -0.25) is 0 Å². The number of aryl methyl sites for hydroxylation is 1. The maximum absolute atomic E-state index is 5.89. The second-order valence-corrected chi connectivity index (χ2v) is 3.99. The Labute approximate surface area is 99.6 Å². The van der Waals surface area contributed by atoms with E-state index in [-0.39, 0.29) is 0 Å². The van der Waals surface area contributed by atoms with Gasteiger partial charge in [0, 0.05) is 11.1 Å². The van der Waals surface area contributed by atoms with Gasteiger partial charge < -0.3 is 10.5 Å². The third-order valence-corrected chi connectivity index (χ3v) is 2.52. The summed E-state index contributed by atoms with van der Waals surface area (Å²) in [4.78, 5) is 0. The fourth-order valence-electron chi connectivity index (χ4n) is 1.39. The molecule has 2 aromatic carbocycles. The average molecular weight is 234 g/mol. The van der Waals surface area contributed by atoms with Crippen LogP contribution < -0.4 is 10.5 Å². The lowest BCUT2D eigenvalue weighted by molar-refractivity contribution is 0.481. The fourth-order valence-corrected chi connectivity index (χ4v) is 1.55. The molecule has 0 atom stereocenters. The first-order valence-electron chi connectivity index (χ1n) is 4.95. The topological polar surface area (TPSA) is 35.2 Å². The Bertz CT molecular complexity index is 511. The van der Waals surface area contributed by atoms with E-state index in [1.54, 1.807) is 18.2 Å². The van der Waals surface area contributed by atoms with Crippen LogP contribution in [0.25, 0.3) is 0 Å². The summed E-state index contributed by atoms with van der Waals surface area (Å²) in [6.45, 7) is 1.98. The molecule has 0 aromatic heterocycles. The molecule has 0 aliphatic heterocycles. The number of nitrogens with two attached hydrogens (primary N) is 1. The molecular formula is C13H12ClNO. The van der Waals surface area contributed by atoms with Gasteiger partial charge in [0.15, 0.2) is 5.75 Å². The van der Waals surface area contributed by atoms with Crippen LogP contribution in [0, 0.1) is 6.92 Å². The molecule has 0 aliphatic rings. The van der Waals surface area contributed by atoms with Crippen LogP contribution >= 0.6 is 11.6 Å². The maximum Gasteiger partial charge on any atom is 0.151 e. The van der Waals surface area contributed by atoms with Crippen LogP contribution in [-0.2, 0) is 0 Å². The average Bonchev–Trinajstić information content (AvgIpc) is 2.27. The van der Waals surface area contributed by atoms with Crippen LogP contribution in [0.15, 0.2) is 42.5 Å². The quantitative estimate of drug-likeness (QED) is 0.795. The van der Waals surface area contributed by atoms with Crippen LogP contribution in [-0.4, -0.2) is 0 Å². The Morgan fingerprint density at radius 1 is 1.06 bits per heavy atom. The molecule has 16 heavy (non-hydrogen) atoms. The van der Waals surface area contributed by atoms with Crippen molar-refractivity contribution in [2.75, 3.05) is 5.73 Å². The summed E-state index contributed by atoms with van der Waals surface area (Å²) in [6.07, 6.45) is 0.